The fraction of sp³-hybridized carbons (Fsp3) is 0.647. The van der Waals surface area contributed by atoms with Crippen LogP contribution in [0, 0.1) is 6.92 Å². The van der Waals surface area contributed by atoms with Crippen LogP contribution >= 0.6 is 11.6 Å². The zero-order chi connectivity index (χ0) is 14.8. The van der Waals surface area contributed by atoms with E-state index in [9.17, 15) is 0 Å². The van der Waals surface area contributed by atoms with Gasteiger partial charge in [0.15, 0.2) is 0 Å². The van der Waals surface area contributed by atoms with Crippen molar-refractivity contribution in [1.82, 2.24) is 5.32 Å². The Hall–Kier alpha value is -0.730. The molecule has 0 amide bonds. The minimum Gasteiger partial charge on any atom is -0.487 e. The van der Waals surface area contributed by atoms with Crippen molar-refractivity contribution in [3.8, 4) is 5.75 Å². The molecule has 0 bridgehead atoms. The Bertz CT molecular complexity index is 474. The second-order valence-electron chi connectivity index (χ2n) is 6.11. The van der Waals surface area contributed by atoms with Crippen molar-refractivity contribution < 1.29 is 4.74 Å². The molecule has 0 spiro atoms. The Balaban J connectivity index is 2.30. The third-order valence-corrected chi connectivity index (χ3v) is 4.73. The molecule has 1 aliphatic heterocycles. The molecule has 2 atom stereocenters. The van der Waals surface area contributed by atoms with E-state index < -0.39 is 0 Å². The summed E-state index contributed by atoms with van der Waals surface area (Å²) in [4.78, 5) is 0. The number of halogens is 1. The quantitative estimate of drug-likeness (QED) is 0.769. The number of ether oxygens (including phenoxy) is 1. The predicted octanol–water partition coefficient (Wildman–Crippen LogP) is 5.03. The lowest BCUT2D eigenvalue weighted by molar-refractivity contribution is 0.0442. The van der Waals surface area contributed by atoms with E-state index in [4.69, 9.17) is 16.3 Å². The molecule has 0 aromatic heterocycles. The van der Waals surface area contributed by atoms with Crippen molar-refractivity contribution in [2.45, 2.75) is 65.0 Å². The molecule has 1 N–H and O–H groups in total. The van der Waals surface area contributed by atoms with Gasteiger partial charge < -0.3 is 10.1 Å². The van der Waals surface area contributed by atoms with Gasteiger partial charge in [-0.15, -0.1) is 0 Å². The molecule has 0 aliphatic carbocycles. The number of hydrogen-bond acceptors (Lipinski definition) is 2. The van der Waals surface area contributed by atoms with Gasteiger partial charge in [-0.25, -0.2) is 0 Å². The molecule has 0 radical (unpaired) electrons. The van der Waals surface area contributed by atoms with Crippen molar-refractivity contribution in [2.75, 3.05) is 6.54 Å². The average molecular weight is 296 g/mol. The zero-order valence-corrected chi connectivity index (χ0v) is 13.8. The van der Waals surface area contributed by atoms with Gasteiger partial charge in [-0.1, -0.05) is 31.9 Å². The van der Waals surface area contributed by atoms with Crippen LogP contribution < -0.4 is 10.1 Å². The monoisotopic (exact) mass is 295 g/mol. The maximum Gasteiger partial charge on any atom is 0.125 e. The van der Waals surface area contributed by atoms with E-state index >= 15 is 0 Å². The molecule has 1 aromatic rings. The summed E-state index contributed by atoms with van der Waals surface area (Å²) in [6, 6.07) is 4.50. The molecule has 20 heavy (non-hydrogen) atoms. The van der Waals surface area contributed by atoms with Gasteiger partial charge in [0.2, 0.25) is 0 Å². The van der Waals surface area contributed by atoms with Crippen molar-refractivity contribution in [3.63, 3.8) is 0 Å². The number of unbranched alkanes of at least 4 members (excludes halogenated alkanes) is 1. The van der Waals surface area contributed by atoms with Gasteiger partial charge in [-0.3, -0.25) is 0 Å². The van der Waals surface area contributed by atoms with Crippen molar-refractivity contribution in [3.05, 3.63) is 28.3 Å². The molecular formula is C17H26ClNO. The topological polar surface area (TPSA) is 21.3 Å². The van der Waals surface area contributed by atoms with Crippen molar-refractivity contribution >= 4 is 11.6 Å². The first-order valence-corrected chi connectivity index (χ1v) is 8.09. The van der Waals surface area contributed by atoms with Gasteiger partial charge in [-0.05, 0) is 50.9 Å². The third kappa shape index (κ3) is 3.29. The highest BCUT2D eigenvalue weighted by molar-refractivity contribution is 6.31. The standard InChI is InChI=1S/C17H26ClNO/c1-5-7-8-19-15-11-17(4,6-2)20-16-9-12(3)14(18)10-13(15)16/h9-10,15,19H,5-8,11H2,1-4H3. The summed E-state index contributed by atoms with van der Waals surface area (Å²) < 4.78 is 6.24. The van der Waals surface area contributed by atoms with Gasteiger partial charge in [0.05, 0.1) is 0 Å². The molecule has 2 nitrogen and oxygen atoms in total. The Morgan fingerprint density at radius 3 is 2.80 bits per heavy atom. The van der Waals surface area contributed by atoms with Gasteiger partial charge >= 0.3 is 0 Å². The first-order valence-electron chi connectivity index (χ1n) is 7.71. The van der Waals surface area contributed by atoms with Gasteiger partial charge in [0.1, 0.15) is 11.4 Å². The Labute approximate surface area is 127 Å². The lowest BCUT2D eigenvalue weighted by Gasteiger charge is -2.40. The van der Waals surface area contributed by atoms with Crippen molar-refractivity contribution in [2.24, 2.45) is 0 Å². The molecule has 1 aliphatic rings. The van der Waals surface area contributed by atoms with Crippen LogP contribution in [0.4, 0.5) is 0 Å². The molecule has 0 fully saturated rings. The van der Waals surface area contributed by atoms with E-state index in [1.165, 1.54) is 18.4 Å². The number of aryl methyl sites for hydroxylation is 1. The first-order chi connectivity index (χ1) is 9.49. The molecular weight excluding hydrogens is 270 g/mol. The van der Waals surface area contributed by atoms with Crippen LogP contribution in [-0.4, -0.2) is 12.1 Å². The highest BCUT2D eigenvalue weighted by Crippen LogP contribution is 2.43. The first kappa shape index (κ1) is 15.7. The molecule has 112 valence electrons. The Morgan fingerprint density at radius 2 is 2.15 bits per heavy atom. The summed E-state index contributed by atoms with van der Waals surface area (Å²) in [5.41, 5.74) is 2.21. The zero-order valence-electron chi connectivity index (χ0n) is 13.1. The highest BCUT2D eigenvalue weighted by atomic mass is 35.5. The van der Waals surface area contributed by atoms with E-state index in [-0.39, 0.29) is 5.60 Å². The lowest BCUT2D eigenvalue weighted by Crippen LogP contribution is -2.41. The maximum atomic E-state index is 6.29. The fourth-order valence-electron chi connectivity index (χ4n) is 2.73. The molecule has 2 unspecified atom stereocenters. The number of rotatable bonds is 5. The molecule has 0 saturated carbocycles. The van der Waals surface area contributed by atoms with E-state index in [1.807, 2.05) is 6.92 Å². The maximum absolute atomic E-state index is 6.29. The van der Waals surface area contributed by atoms with Crippen LogP contribution in [0.2, 0.25) is 5.02 Å². The fourth-order valence-corrected chi connectivity index (χ4v) is 2.90. The van der Waals surface area contributed by atoms with Crippen LogP contribution in [0.25, 0.3) is 0 Å². The number of fused-ring (bicyclic) bond motifs is 1. The summed E-state index contributed by atoms with van der Waals surface area (Å²) in [5.74, 6) is 0.997. The lowest BCUT2D eigenvalue weighted by atomic mass is 9.86. The van der Waals surface area contributed by atoms with E-state index in [2.05, 4.69) is 38.2 Å². The van der Waals surface area contributed by atoms with Crippen LogP contribution in [0.15, 0.2) is 12.1 Å². The number of hydrogen-bond donors (Lipinski definition) is 1. The normalized spacial score (nSPS) is 25.1. The molecule has 1 heterocycles. The SMILES string of the molecule is CCCCNC1CC(C)(CC)Oc2cc(C)c(Cl)cc21. The minimum atomic E-state index is -0.0862. The summed E-state index contributed by atoms with van der Waals surface area (Å²) in [7, 11) is 0. The van der Waals surface area contributed by atoms with E-state index in [0.717, 1.165) is 35.7 Å². The van der Waals surface area contributed by atoms with Crippen LogP contribution in [0.5, 0.6) is 5.75 Å². The average Bonchev–Trinajstić information content (AvgIpc) is 2.41. The predicted molar refractivity (Wildman–Crippen MR) is 85.8 cm³/mol. The molecule has 2 rings (SSSR count). The molecule has 3 heteroatoms. The van der Waals surface area contributed by atoms with Crippen LogP contribution in [0.1, 0.15) is 63.6 Å². The molecule has 0 saturated heterocycles. The third-order valence-electron chi connectivity index (χ3n) is 4.33. The second kappa shape index (κ2) is 6.36. The number of nitrogens with one attached hydrogen (secondary N) is 1. The van der Waals surface area contributed by atoms with Crippen LogP contribution in [0.3, 0.4) is 0 Å². The van der Waals surface area contributed by atoms with Gasteiger partial charge in [0.25, 0.3) is 0 Å². The largest absolute Gasteiger partial charge is 0.487 e. The summed E-state index contributed by atoms with van der Waals surface area (Å²) >= 11 is 6.29. The Kier molecular flexibility index (Phi) is 4.98. The van der Waals surface area contributed by atoms with Crippen molar-refractivity contribution in [1.29, 1.82) is 0 Å². The summed E-state index contributed by atoms with van der Waals surface area (Å²) in [5, 5.41) is 4.50. The minimum absolute atomic E-state index is 0.0862. The highest BCUT2D eigenvalue weighted by Gasteiger charge is 2.36. The Morgan fingerprint density at radius 1 is 1.40 bits per heavy atom. The summed E-state index contributed by atoms with van der Waals surface area (Å²) in [6.45, 7) is 9.69. The smallest absolute Gasteiger partial charge is 0.125 e. The second-order valence-corrected chi connectivity index (χ2v) is 6.52. The number of benzene rings is 1. The molecule has 1 aromatic carbocycles. The van der Waals surface area contributed by atoms with E-state index in [1.54, 1.807) is 0 Å². The van der Waals surface area contributed by atoms with Crippen LogP contribution in [-0.2, 0) is 0 Å². The van der Waals surface area contributed by atoms with E-state index in [0.29, 0.717) is 6.04 Å². The van der Waals surface area contributed by atoms with Gasteiger partial charge in [-0.2, -0.15) is 0 Å². The summed E-state index contributed by atoms with van der Waals surface area (Å²) in [6.07, 6.45) is 4.43. The van der Waals surface area contributed by atoms with Gasteiger partial charge in [0, 0.05) is 23.0 Å².